The summed E-state index contributed by atoms with van der Waals surface area (Å²) in [6.45, 7) is 2.44. The van der Waals surface area contributed by atoms with Crippen molar-refractivity contribution in [1.82, 2.24) is 10.2 Å². The molecule has 2 rings (SSSR count). The van der Waals surface area contributed by atoms with Gasteiger partial charge in [0.2, 0.25) is 0 Å². The van der Waals surface area contributed by atoms with Gasteiger partial charge in [-0.3, -0.25) is 4.79 Å². The van der Waals surface area contributed by atoms with Crippen LogP contribution in [0.15, 0.2) is 12.1 Å². The summed E-state index contributed by atoms with van der Waals surface area (Å²) in [6.07, 6.45) is 2.16. The minimum atomic E-state index is -0.0498. The number of halogens is 2. The van der Waals surface area contributed by atoms with Crippen molar-refractivity contribution in [2.75, 3.05) is 33.8 Å². The summed E-state index contributed by atoms with van der Waals surface area (Å²) >= 11 is 12.0. The maximum absolute atomic E-state index is 12.7. The van der Waals surface area contributed by atoms with E-state index in [1.807, 2.05) is 11.9 Å². The zero-order valence-corrected chi connectivity index (χ0v) is 13.8. The van der Waals surface area contributed by atoms with Gasteiger partial charge in [-0.1, -0.05) is 23.2 Å². The molecule has 6 heteroatoms. The lowest BCUT2D eigenvalue weighted by molar-refractivity contribution is 0.0671. The van der Waals surface area contributed by atoms with E-state index in [9.17, 15) is 4.79 Å². The summed E-state index contributed by atoms with van der Waals surface area (Å²) in [5.41, 5.74) is 0.469. The van der Waals surface area contributed by atoms with Gasteiger partial charge in [0.15, 0.2) is 0 Å². The van der Waals surface area contributed by atoms with Gasteiger partial charge < -0.3 is 15.0 Å². The average molecular weight is 331 g/mol. The SMILES string of the molecule is CNC[C@@H]1CCCN(C(=O)c2cc(Cl)c(Cl)cc2OC)C1. The zero-order valence-electron chi connectivity index (χ0n) is 12.3. The van der Waals surface area contributed by atoms with Gasteiger partial charge in [0.1, 0.15) is 5.75 Å². The van der Waals surface area contributed by atoms with Gasteiger partial charge in [0.25, 0.3) is 5.91 Å². The maximum Gasteiger partial charge on any atom is 0.257 e. The Morgan fingerprint density at radius 3 is 2.81 bits per heavy atom. The first kappa shape index (κ1) is 16.4. The summed E-state index contributed by atoms with van der Waals surface area (Å²) in [7, 11) is 3.46. The number of ether oxygens (including phenoxy) is 1. The summed E-state index contributed by atoms with van der Waals surface area (Å²) in [5, 5.41) is 3.93. The molecule has 1 N–H and O–H groups in total. The molecule has 0 aromatic heterocycles. The number of benzene rings is 1. The molecule has 0 saturated carbocycles. The molecule has 1 aliphatic rings. The lowest BCUT2D eigenvalue weighted by atomic mass is 9.97. The molecule has 21 heavy (non-hydrogen) atoms. The van der Waals surface area contributed by atoms with Crippen molar-refractivity contribution >= 4 is 29.1 Å². The highest BCUT2D eigenvalue weighted by Gasteiger charge is 2.26. The molecule has 0 bridgehead atoms. The van der Waals surface area contributed by atoms with Crippen molar-refractivity contribution < 1.29 is 9.53 Å². The first-order valence-corrected chi connectivity index (χ1v) is 7.79. The zero-order chi connectivity index (χ0) is 15.4. The normalized spacial score (nSPS) is 18.7. The Kier molecular flexibility index (Phi) is 5.73. The first-order valence-electron chi connectivity index (χ1n) is 7.03. The quantitative estimate of drug-likeness (QED) is 0.922. The average Bonchev–Trinajstić information content (AvgIpc) is 2.49. The minimum Gasteiger partial charge on any atom is -0.496 e. The topological polar surface area (TPSA) is 41.6 Å². The van der Waals surface area contributed by atoms with E-state index in [0.717, 1.165) is 32.5 Å². The Morgan fingerprint density at radius 2 is 2.14 bits per heavy atom. The predicted octanol–water partition coefficient (Wildman–Crippen LogP) is 3.07. The third-order valence-corrected chi connectivity index (χ3v) is 4.49. The van der Waals surface area contributed by atoms with Crippen molar-refractivity contribution in [3.8, 4) is 5.75 Å². The fourth-order valence-electron chi connectivity index (χ4n) is 2.74. The highest BCUT2D eigenvalue weighted by Crippen LogP contribution is 2.32. The highest BCUT2D eigenvalue weighted by molar-refractivity contribution is 6.42. The van der Waals surface area contributed by atoms with Gasteiger partial charge in [-0.2, -0.15) is 0 Å². The number of likely N-dealkylation sites (tertiary alicyclic amines) is 1. The number of amides is 1. The third kappa shape index (κ3) is 3.82. The van der Waals surface area contributed by atoms with Crippen molar-refractivity contribution in [3.05, 3.63) is 27.7 Å². The van der Waals surface area contributed by atoms with Gasteiger partial charge in [0.05, 0.1) is 22.7 Å². The molecule has 0 radical (unpaired) electrons. The van der Waals surface area contributed by atoms with E-state index < -0.39 is 0 Å². The van der Waals surface area contributed by atoms with E-state index in [2.05, 4.69) is 5.32 Å². The van der Waals surface area contributed by atoms with E-state index in [1.165, 1.54) is 7.11 Å². The number of hydrogen-bond acceptors (Lipinski definition) is 3. The minimum absolute atomic E-state index is 0.0498. The monoisotopic (exact) mass is 330 g/mol. The van der Waals surface area contributed by atoms with Gasteiger partial charge in [0, 0.05) is 19.2 Å². The molecule has 4 nitrogen and oxygen atoms in total. The second-order valence-electron chi connectivity index (χ2n) is 5.28. The highest BCUT2D eigenvalue weighted by atomic mass is 35.5. The molecular formula is C15H20Cl2N2O2. The van der Waals surface area contributed by atoms with E-state index in [4.69, 9.17) is 27.9 Å². The second kappa shape index (κ2) is 7.34. The third-order valence-electron chi connectivity index (χ3n) is 3.77. The standard InChI is InChI=1S/C15H20Cl2N2O2/c1-18-8-10-4-3-5-19(9-10)15(20)11-6-12(16)13(17)7-14(11)21-2/h6-7,10,18H,3-5,8-9H2,1-2H3/t10-/m0/s1. The van der Waals surface area contributed by atoms with E-state index in [1.54, 1.807) is 12.1 Å². The molecule has 1 atom stereocenters. The van der Waals surface area contributed by atoms with Crippen LogP contribution in [-0.2, 0) is 0 Å². The molecule has 1 aliphatic heterocycles. The molecule has 0 unspecified atom stereocenters. The molecule has 116 valence electrons. The van der Waals surface area contributed by atoms with Gasteiger partial charge in [-0.05, 0) is 38.4 Å². The number of nitrogens with one attached hydrogen (secondary N) is 1. The molecule has 0 spiro atoms. The Balaban J connectivity index is 2.21. The molecule has 1 saturated heterocycles. The summed E-state index contributed by atoms with van der Waals surface area (Å²) < 4.78 is 5.26. The van der Waals surface area contributed by atoms with E-state index in [0.29, 0.717) is 27.3 Å². The van der Waals surface area contributed by atoms with Crippen molar-refractivity contribution in [2.45, 2.75) is 12.8 Å². The van der Waals surface area contributed by atoms with Gasteiger partial charge in [-0.15, -0.1) is 0 Å². The number of carbonyl (C=O) groups excluding carboxylic acids is 1. The predicted molar refractivity (Wildman–Crippen MR) is 85.6 cm³/mol. The molecular weight excluding hydrogens is 311 g/mol. The molecule has 1 heterocycles. The summed E-state index contributed by atoms with van der Waals surface area (Å²) in [5.74, 6) is 0.901. The summed E-state index contributed by atoms with van der Waals surface area (Å²) in [4.78, 5) is 14.6. The van der Waals surface area contributed by atoms with Crippen LogP contribution < -0.4 is 10.1 Å². The number of rotatable bonds is 4. The van der Waals surface area contributed by atoms with Crippen LogP contribution in [0.25, 0.3) is 0 Å². The van der Waals surface area contributed by atoms with Crippen LogP contribution in [0.1, 0.15) is 23.2 Å². The Morgan fingerprint density at radius 1 is 1.43 bits per heavy atom. The molecule has 1 aromatic carbocycles. The van der Waals surface area contributed by atoms with E-state index >= 15 is 0 Å². The van der Waals surface area contributed by atoms with Crippen molar-refractivity contribution in [3.63, 3.8) is 0 Å². The Hall–Kier alpha value is -0.970. The van der Waals surface area contributed by atoms with Crippen LogP contribution in [0.2, 0.25) is 10.0 Å². The van der Waals surface area contributed by atoms with Gasteiger partial charge in [-0.25, -0.2) is 0 Å². The lowest BCUT2D eigenvalue weighted by Gasteiger charge is -2.33. The molecule has 1 aromatic rings. The van der Waals surface area contributed by atoms with Crippen LogP contribution in [0, 0.1) is 5.92 Å². The number of methoxy groups -OCH3 is 1. The van der Waals surface area contributed by atoms with Gasteiger partial charge >= 0.3 is 0 Å². The van der Waals surface area contributed by atoms with Crippen molar-refractivity contribution in [1.29, 1.82) is 0 Å². The maximum atomic E-state index is 12.7. The smallest absolute Gasteiger partial charge is 0.257 e. The van der Waals surface area contributed by atoms with E-state index in [-0.39, 0.29) is 5.91 Å². The Bertz CT molecular complexity index is 521. The lowest BCUT2D eigenvalue weighted by Crippen LogP contribution is -2.42. The van der Waals surface area contributed by atoms with Crippen LogP contribution in [0.5, 0.6) is 5.75 Å². The fraction of sp³-hybridized carbons (Fsp3) is 0.533. The molecule has 1 amide bonds. The molecule has 1 fully saturated rings. The molecule has 0 aliphatic carbocycles. The number of hydrogen-bond donors (Lipinski definition) is 1. The summed E-state index contributed by atoms with van der Waals surface area (Å²) in [6, 6.07) is 3.18. The van der Waals surface area contributed by atoms with Crippen LogP contribution in [-0.4, -0.2) is 44.6 Å². The van der Waals surface area contributed by atoms with Crippen LogP contribution in [0.4, 0.5) is 0 Å². The number of piperidine rings is 1. The Labute approximate surface area is 135 Å². The second-order valence-corrected chi connectivity index (χ2v) is 6.10. The van der Waals surface area contributed by atoms with Crippen LogP contribution >= 0.6 is 23.2 Å². The fourth-order valence-corrected chi connectivity index (χ4v) is 3.06. The largest absolute Gasteiger partial charge is 0.496 e. The van der Waals surface area contributed by atoms with Crippen molar-refractivity contribution in [2.24, 2.45) is 5.92 Å². The number of carbonyl (C=O) groups is 1. The first-order chi connectivity index (χ1) is 10.1. The van der Waals surface area contributed by atoms with Crippen LogP contribution in [0.3, 0.4) is 0 Å². The number of nitrogens with zero attached hydrogens (tertiary/aromatic N) is 1.